The van der Waals surface area contributed by atoms with Crippen LogP contribution in [0.5, 0.6) is 0 Å². The van der Waals surface area contributed by atoms with E-state index in [9.17, 15) is 4.79 Å². The van der Waals surface area contributed by atoms with E-state index in [0.29, 0.717) is 26.1 Å². The summed E-state index contributed by atoms with van der Waals surface area (Å²) in [6.45, 7) is 1.80. The molecule has 0 aliphatic carbocycles. The third kappa shape index (κ3) is 13.9. The van der Waals surface area contributed by atoms with Crippen LogP contribution >= 0.6 is 0 Å². The largest absolute Gasteiger partial charge is 0.480 e. The van der Waals surface area contributed by atoms with E-state index in [0.717, 1.165) is 12.8 Å². The molecule has 0 aromatic carbocycles. The maximum Gasteiger partial charge on any atom is 0.320 e. The highest BCUT2D eigenvalue weighted by Gasteiger charge is 2.09. The second kappa shape index (κ2) is 12.3. The Bertz CT molecular complexity index is 131. The zero-order valence-corrected chi connectivity index (χ0v) is 8.48. The Balaban J connectivity index is 0. The van der Waals surface area contributed by atoms with Crippen LogP contribution in [0.15, 0.2) is 0 Å². The molecule has 1 unspecified atom stereocenters. The van der Waals surface area contributed by atoms with Crippen molar-refractivity contribution < 1.29 is 9.90 Å². The summed E-state index contributed by atoms with van der Waals surface area (Å²) < 4.78 is 0. The summed E-state index contributed by atoms with van der Waals surface area (Å²) in [7, 11) is 0. The Morgan fingerprint density at radius 1 is 1.07 bits per heavy atom. The lowest BCUT2D eigenvalue weighted by molar-refractivity contribution is -0.138. The molecular weight excluding hydrogens is 184 g/mol. The molecule has 0 aromatic heterocycles. The van der Waals surface area contributed by atoms with Crippen molar-refractivity contribution in [3.05, 3.63) is 0 Å². The number of nitrogens with two attached hydrogens (primary N) is 4. The Kier molecular flexibility index (Phi) is 13.9. The first kappa shape index (κ1) is 15.8. The normalized spacial score (nSPS) is 11.4. The van der Waals surface area contributed by atoms with Crippen molar-refractivity contribution in [1.82, 2.24) is 0 Å². The zero-order valence-electron chi connectivity index (χ0n) is 8.48. The summed E-state index contributed by atoms with van der Waals surface area (Å²) >= 11 is 0. The second-order valence-corrected chi connectivity index (χ2v) is 2.81. The first-order chi connectivity index (χ1) is 6.59. The van der Waals surface area contributed by atoms with Crippen molar-refractivity contribution in [3.63, 3.8) is 0 Å². The molecule has 1 atom stereocenters. The van der Waals surface area contributed by atoms with Gasteiger partial charge in [0.15, 0.2) is 0 Å². The van der Waals surface area contributed by atoms with Gasteiger partial charge in [-0.15, -0.1) is 0 Å². The average molecular weight is 206 g/mol. The summed E-state index contributed by atoms with van der Waals surface area (Å²) in [4.78, 5) is 10.1. The molecule has 0 heterocycles. The Morgan fingerprint density at radius 3 is 1.86 bits per heavy atom. The van der Waals surface area contributed by atoms with Crippen molar-refractivity contribution in [1.29, 1.82) is 0 Å². The zero-order chi connectivity index (χ0) is 11.4. The fraction of sp³-hybridized carbons (Fsp3) is 0.875. The van der Waals surface area contributed by atoms with E-state index in [4.69, 9.17) is 28.0 Å². The average Bonchev–Trinajstić information content (AvgIpc) is 2.18. The SMILES string of the molecule is NCCCCC(N)C(=O)O.NCCN. The summed E-state index contributed by atoms with van der Waals surface area (Å²) in [6, 6.07) is -0.716. The van der Waals surface area contributed by atoms with E-state index in [-0.39, 0.29) is 0 Å². The van der Waals surface area contributed by atoms with Crippen LogP contribution in [0.3, 0.4) is 0 Å². The van der Waals surface area contributed by atoms with Gasteiger partial charge in [-0.1, -0.05) is 6.42 Å². The summed E-state index contributed by atoms with van der Waals surface area (Å²) in [5.74, 6) is -0.933. The molecule has 86 valence electrons. The second-order valence-electron chi connectivity index (χ2n) is 2.81. The van der Waals surface area contributed by atoms with Crippen LogP contribution in [0, 0.1) is 0 Å². The molecule has 0 rings (SSSR count). The fourth-order valence-corrected chi connectivity index (χ4v) is 0.632. The molecule has 0 amide bonds. The van der Waals surface area contributed by atoms with Gasteiger partial charge in [0.25, 0.3) is 0 Å². The number of hydrogen-bond acceptors (Lipinski definition) is 5. The number of carboxylic acid groups (broad SMARTS) is 1. The molecular formula is C8H22N4O2. The number of aliphatic carboxylic acids is 1. The lowest BCUT2D eigenvalue weighted by Gasteiger charge is -2.03. The summed E-state index contributed by atoms with van der Waals surface area (Å²) in [6.07, 6.45) is 2.16. The van der Waals surface area contributed by atoms with Gasteiger partial charge in [0, 0.05) is 13.1 Å². The van der Waals surface area contributed by atoms with E-state index in [1.54, 1.807) is 0 Å². The number of carbonyl (C=O) groups is 1. The Hall–Kier alpha value is -0.690. The molecule has 0 aromatic rings. The molecule has 6 nitrogen and oxygen atoms in total. The predicted molar refractivity (Wildman–Crippen MR) is 56.6 cm³/mol. The monoisotopic (exact) mass is 206 g/mol. The third-order valence-corrected chi connectivity index (χ3v) is 1.45. The van der Waals surface area contributed by atoms with Crippen LogP contribution in [0.25, 0.3) is 0 Å². The van der Waals surface area contributed by atoms with Gasteiger partial charge in [0.05, 0.1) is 0 Å². The number of hydrogen-bond donors (Lipinski definition) is 5. The van der Waals surface area contributed by atoms with Crippen LogP contribution in [0.4, 0.5) is 0 Å². The van der Waals surface area contributed by atoms with Crippen molar-refractivity contribution in [2.75, 3.05) is 19.6 Å². The van der Waals surface area contributed by atoms with Crippen LogP contribution < -0.4 is 22.9 Å². The topological polar surface area (TPSA) is 141 Å². The molecule has 6 heteroatoms. The van der Waals surface area contributed by atoms with Crippen LogP contribution in [0.1, 0.15) is 19.3 Å². The Morgan fingerprint density at radius 2 is 1.57 bits per heavy atom. The summed E-state index contributed by atoms with van der Waals surface area (Å²) in [5, 5.41) is 8.33. The van der Waals surface area contributed by atoms with E-state index in [1.807, 2.05) is 0 Å². The highest BCUT2D eigenvalue weighted by Crippen LogP contribution is 1.96. The smallest absolute Gasteiger partial charge is 0.320 e. The molecule has 0 radical (unpaired) electrons. The first-order valence-electron chi connectivity index (χ1n) is 4.68. The van der Waals surface area contributed by atoms with Gasteiger partial charge in [0.1, 0.15) is 6.04 Å². The molecule has 0 bridgehead atoms. The quantitative estimate of drug-likeness (QED) is 0.332. The van der Waals surface area contributed by atoms with Crippen molar-refractivity contribution in [3.8, 4) is 0 Å². The minimum Gasteiger partial charge on any atom is -0.480 e. The molecule has 0 fully saturated rings. The van der Waals surface area contributed by atoms with Gasteiger partial charge < -0.3 is 28.0 Å². The minimum atomic E-state index is -0.933. The maximum absolute atomic E-state index is 10.1. The van der Waals surface area contributed by atoms with Crippen LogP contribution in [-0.4, -0.2) is 36.8 Å². The molecule has 0 saturated heterocycles. The van der Waals surface area contributed by atoms with Gasteiger partial charge in [0.2, 0.25) is 0 Å². The van der Waals surface area contributed by atoms with Gasteiger partial charge >= 0.3 is 5.97 Å². The van der Waals surface area contributed by atoms with E-state index >= 15 is 0 Å². The minimum absolute atomic E-state index is 0.520. The van der Waals surface area contributed by atoms with Gasteiger partial charge in [-0.2, -0.15) is 0 Å². The maximum atomic E-state index is 10.1. The number of unbranched alkanes of at least 4 members (excludes halogenated alkanes) is 1. The van der Waals surface area contributed by atoms with Crippen molar-refractivity contribution in [2.45, 2.75) is 25.3 Å². The van der Waals surface area contributed by atoms with Gasteiger partial charge in [-0.3, -0.25) is 4.79 Å². The molecule has 0 spiro atoms. The lowest BCUT2D eigenvalue weighted by atomic mass is 10.1. The van der Waals surface area contributed by atoms with Crippen LogP contribution in [0.2, 0.25) is 0 Å². The molecule has 9 N–H and O–H groups in total. The van der Waals surface area contributed by atoms with E-state index in [1.165, 1.54) is 0 Å². The third-order valence-electron chi connectivity index (χ3n) is 1.45. The number of rotatable bonds is 6. The molecule has 0 aliphatic heterocycles. The molecule has 0 aliphatic rings. The first-order valence-corrected chi connectivity index (χ1v) is 4.68. The van der Waals surface area contributed by atoms with E-state index < -0.39 is 12.0 Å². The van der Waals surface area contributed by atoms with Gasteiger partial charge in [-0.25, -0.2) is 0 Å². The molecule has 14 heavy (non-hydrogen) atoms. The summed E-state index contributed by atoms with van der Waals surface area (Å²) in [5.41, 5.74) is 20.2. The standard InChI is InChI=1S/C6H14N2O2.C2H8N2/c7-4-2-1-3-5(8)6(9)10;3-1-2-4/h5H,1-4,7-8H2,(H,9,10);1-4H2. The highest BCUT2D eigenvalue weighted by atomic mass is 16.4. The number of carboxylic acids is 1. The molecule has 0 saturated carbocycles. The van der Waals surface area contributed by atoms with E-state index in [2.05, 4.69) is 0 Å². The van der Waals surface area contributed by atoms with Crippen molar-refractivity contribution >= 4 is 5.97 Å². The lowest BCUT2D eigenvalue weighted by Crippen LogP contribution is -2.29. The van der Waals surface area contributed by atoms with Crippen LogP contribution in [-0.2, 0) is 4.79 Å². The Labute approximate surface area is 84.6 Å². The van der Waals surface area contributed by atoms with Gasteiger partial charge in [-0.05, 0) is 19.4 Å². The predicted octanol–water partition coefficient (Wildman–Crippen LogP) is -1.57. The highest BCUT2D eigenvalue weighted by molar-refractivity contribution is 5.72. The van der Waals surface area contributed by atoms with Crippen molar-refractivity contribution in [2.24, 2.45) is 22.9 Å². The fourth-order valence-electron chi connectivity index (χ4n) is 0.632.